The number of hydrogen-bond acceptors (Lipinski definition) is 5. The third-order valence-electron chi connectivity index (χ3n) is 4.52. The maximum absolute atomic E-state index is 13.0. The molecule has 3 rings (SSSR count). The minimum atomic E-state index is -0.671. The number of benzene rings is 1. The van der Waals surface area contributed by atoms with Gasteiger partial charge in [0.25, 0.3) is 5.91 Å². The fourth-order valence-corrected chi connectivity index (χ4v) is 3.26. The number of phenols is 1. The number of nitro benzene ring substituents is 1. The van der Waals surface area contributed by atoms with E-state index in [2.05, 4.69) is 4.98 Å². The van der Waals surface area contributed by atoms with Crippen LogP contribution in [-0.2, 0) is 0 Å². The Labute approximate surface area is 145 Å². The number of phenolic OH excluding ortho intramolecular Hbond substituents is 1. The molecule has 1 aliphatic heterocycles. The Bertz CT molecular complexity index is 779. The van der Waals surface area contributed by atoms with Crippen LogP contribution in [0.5, 0.6) is 5.75 Å². The molecule has 1 aliphatic rings. The third kappa shape index (κ3) is 3.60. The van der Waals surface area contributed by atoms with E-state index in [0.29, 0.717) is 6.54 Å². The number of amides is 1. The maximum Gasteiger partial charge on any atom is 0.310 e. The number of hydrogen-bond donors (Lipinski definition) is 1. The number of carbonyl (C=O) groups is 1. The highest BCUT2D eigenvalue weighted by molar-refractivity contribution is 5.95. The number of pyridine rings is 1. The number of aromatic hydroxyl groups is 1. The molecule has 0 spiro atoms. The van der Waals surface area contributed by atoms with Crippen molar-refractivity contribution in [3.8, 4) is 5.75 Å². The van der Waals surface area contributed by atoms with Crippen LogP contribution in [-0.4, -0.2) is 32.4 Å². The van der Waals surface area contributed by atoms with Gasteiger partial charge in [0.1, 0.15) is 0 Å². The van der Waals surface area contributed by atoms with Crippen LogP contribution in [0.4, 0.5) is 5.69 Å². The first-order chi connectivity index (χ1) is 12.1. The molecule has 0 saturated carbocycles. The van der Waals surface area contributed by atoms with Crippen molar-refractivity contribution < 1.29 is 14.8 Å². The molecule has 7 nitrogen and oxygen atoms in total. The summed E-state index contributed by atoms with van der Waals surface area (Å²) in [4.78, 5) is 29.0. The highest BCUT2D eigenvalue weighted by Crippen LogP contribution is 2.33. The van der Waals surface area contributed by atoms with Gasteiger partial charge in [0.2, 0.25) is 0 Å². The summed E-state index contributed by atoms with van der Waals surface area (Å²) < 4.78 is 0. The van der Waals surface area contributed by atoms with Crippen LogP contribution < -0.4 is 0 Å². The zero-order chi connectivity index (χ0) is 17.8. The quantitative estimate of drug-likeness (QED) is 0.681. The Morgan fingerprint density at radius 2 is 1.96 bits per heavy atom. The highest BCUT2D eigenvalue weighted by Gasteiger charge is 2.28. The summed E-state index contributed by atoms with van der Waals surface area (Å²) in [5.41, 5.74) is 0.874. The largest absolute Gasteiger partial charge is 0.502 e. The monoisotopic (exact) mass is 341 g/mol. The van der Waals surface area contributed by atoms with Crippen molar-refractivity contribution in [1.29, 1.82) is 0 Å². The zero-order valence-corrected chi connectivity index (χ0v) is 13.7. The minimum Gasteiger partial charge on any atom is -0.502 e. The Kier molecular flexibility index (Phi) is 4.92. The first-order valence-corrected chi connectivity index (χ1v) is 8.26. The van der Waals surface area contributed by atoms with Crippen molar-refractivity contribution in [2.45, 2.75) is 31.7 Å². The van der Waals surface area contributed by atoms with Gasteiger partial charge < -0.3 is 10.0 Å². The van der Waals surface area contributed by atoms with E-state index in [9.17, 15) is 20.0 Å². The zero-order valence-electron chi connectivity index (χ0n) is 13.7. The molecule has 0 aliphatic carbocycles. The summed E-state index contributed by atoms with van der Waals surface area (Å²) in [5.74, 6) is -0.722. The standard InChI is InChI=1S/C18H19N3O4/c22-17-12-14(5-6-16(17)21(24)25)18(23)20-11-3-1-2-4-15(20)13-7-9-19-10-8-13/h5-10,12,15,22H,1-4,11H2. The van der Waals surface area contributed by atoms with E-state index in [4.69, 9.17) is 0 Å². The van der Waals surface area contributed by atoms with Crippen LogP contribution in [0.2, 0.25) is 0 Å². The Balaban J connectivity index is 1.92. The van der Waals surface area contributed by atoms with Crippen molar-refractivity contribution in [3.63, 3.8) is 0 Å². The normalized spacial score (nSPS) is 17.8. The number of rotatable bonds is 3. The SMILES string of the molecule is O=C(c1ccc([N+](=O)[O-])c(O)c1)N1CCCCCC1c1ccncc1. The maximum atomic E-state index is 13.0. The molecule has 1 saturated heterocycles. The van der Waals surface area contributed by atoms with Gasteiger partial charge >= 0.3 is 5.69 Å². The molecule has 2 heterocycles. The summed E-state index contributed by atoms with van der Waals surface area (Å²) in [6, 6.07) is 7.49. The molecule has 1 fully saturated rings. The van der Waals surface area contributed by atoms with Crippen molar-refractivity contribution >= 4 is 11.6 Å². The van der Waals surface area contributed by atoms with Gasteiger partial charge in [-0.05, 0) is 42.7 Å². The van der Waals surface area contributed by atoms with Crippen LogP contribution in [0.3, 0.4) is 0 Å². The summed E-state index contributed by atoms with van der Waals surface area (Å²) in [6.07, 6.45) is 7.27. The van der Waals surface area contributed by atoms with Gasteiger partial charge in [0, 0.05) is 30.6 Å². The fourth-order valence-electron chi connectivity index (χ4n) is 3.26. The molecule has 1 amide bonds. The Morgan fingerprint density at radius 3 is 2.64 bits per heavy atom. The first-order valence-electron chi connectivity index (χ1n) is 8.26. The van der Waals surface area contributed by atoms with Crippen LogP contribution in [0, 0.1) is 10.1 Å². The second-order valence-corrected chi connectivity index (χ2v) is 6.10. The molecule has 1 aromatic heterocycles. The Hall–Kier alpha value is -2.96. The van der Waals surface area contributed by atoms with Crippen molar-refractivity contribution in [3.05, 3.63) is 64.0 Å². The van der Waals surface area contributed by atoms with Crippen molar-refractivity contribution in [2.24, 2.45) is 0 Å². The fraction of sp³-hybridized carbons (Fsp3) is 0.333. The summed E-state index contributed by atoms with van der Waals surface area (Å²) >= 11 is 0. The summed E-state index contributed by atoms with van der Waals surface area (Å²) in [7, 11) is 0. The lowest BCUT2D eigenvalue weighted by Crippen LogP contribution is -2.34. The highest BCUT2D eigenvalue weighted by atomic mass is 16.6. The lowest BCUT2D eigenvalue weighted by atomic mass is 10.0. The summed E-state index contributed by atoms with van der Waals surface area (Å²) in [5, 5.41) is 20.7. The van der Waals surface area contributed by atoms with E-state index in [1.165, 1.54) is 18.2 Å². The van der Waals surface area contributed by atoms with Crippen molar-refractivity contribution in [2.75, 3.05) is 6.54 Å². The van der Waals surface area contributed by atoms with Gasteiger partial charge in [-0.2, -0.15) is 0 Å². The molecular formula is C18H19N3O4. The predicted octanol–water partition coefficient (Wildman–Crippen LogP) is 3.45. The van der Waals surface area contributed by atoms with Crippen LogP contribution in [0.25, 0.3) is 0 Å². The van der Waals surface area contributed by atoms with Gasteiger partial charge in [-0.15, -0.1) is 0 Å². The Morgan fingerprint density at radius 1 is 1.20 bits per heavy atom. The molecule has 1 unspecified atom stereocenters. The minimum absolute atomic E-state index is 0.0599. The first kappa shape index (κ1) is 16.9. The van der Waals surface area contributed by atoms with Gasteiger partial charge in [0.05, 0.1) is 11.0 Å². The molecule has 0 bridgehead atoms. The number of carbonyl (C=O) groups excluding carboxylic acids is 1. The molecule has 0 radical (unpaired) electrons. The predicted molar refractivity (Wildman–Crippen MR) is 91.2 cm³/mol. The summed E-state index contributed by atoms with van der Waals surface area (Å²) in [6.45, 7) is 0.615. The van der Waals surface area contributed by atoms with E-state index < -0.39 is 16.4 Å². The van der Waals surface area contributed by atoms with Crippen LogP contribution in [0.1, 0.15) is 47.6 Å². The van der Waals surface area contributed by atoms with Crippen LogP contribution >= 0.6 is 0 Å². The second-order valence-electron chi connectivity index (χ2n) is 6.10. The number of nitro groups is 1. The smallest absolute Gasteiger partial charge is 0.310 e. The van der Waals surface area contributed by atoms with Crippen molar-refractivity contribution in [1.82, 2.24) is 9.88 Å². The number of aromatic nitrogens is 1. The average Bonchev–Trinajstić information content (AvgIpc) is 2.87. The van der Waals surface area contributed by atoms with Gasteiger partial charge in [0.15, 0.2) is 5.75 Å². The molecule has 1 atom stereocenters. The molecular weight excluding hydrogens is 322 g/mol. The van der Waals surface area contributed by atoms with E-state index in [1.807, 2.05) is 12.1 Å². The lowest BCUT2D eigenvalue weighted by Gasteiger charge is -2.30. The van der Waals surface area contributed by atoms with E-state index in [1.54, 1.807) is 17.3 Å². The lowest BCUT2D eigenvalue weighted by molar-refractivity contribution is -0.385. The van der Waals surface area contributed by atoms with Gasteiger partial charge in [-0.1, -0.05) is 12.8 Å². The second kappa shape index (κ2) is 7.29. The third-order valence-corrected chi connectivity index (χ3v) is 4.52. The number of nitrogens with zero attached hydrogens (tertiary/aromatic N) is 3. The molecule has 7 heteroatoms. The molecule has 1 aromatic carbocycles. The van der Waals surface area contributed by atoms with E-state index >= 15 is 0 Å². The molecule has 25 heavy (non-hydrogen) atoms. The van der Waals surface area contributed by atoms with Gasteiger partial charge in [-0.25, -0.2) is 0 Å². The topological polar surface area (TPSA) is 96.6 Å². The van der Waals surface area contributed by atoms with Crippen LogP contribution in [0.15, 0.2) is 42.7 Å². The molecule has 1 N–H and O–H groups in total. The van der Waals surface area contributed by atoms with E-state index in [0.717, 1.165) is 31.2 Å². The number of likely N-dealkylation sites (tertiary alicyclic amines) is 1. The molecule has 130 valence electrons. The average molecular weight is 341 g/mol. The molecule has 2 aromatic rings. The van der Waals surface area contributed by atoms with E-state index in [-0.39, 0.29) is 17.5 Å². The van der Waals surface area contributed by atoms with Gasteiger partial charge in [-0.3, -0.25) is 19.9 Å².